The number of aryl methyl sites for hydroxylation is 3. The lowest BCUT2D eigenvalue weighted by Gasteiger charge is -2.32. The first-order chi connectivity index (χ1) is 67.2. The van der Waals surface area contributed by atoms with Crippen LogP contribution in [0.4, 0.5) is 18.0 Å². The summed E-state index contributed by atoms with van der Waals surface area (Å²) in [5.41, 5.74) is 16.9. The monoisotopic (exact) mass is 2010 g/mol. The lowest BCUT2D eigenvalue weighted by atomic mass is 9.82. The number of aromatic nitrogens is 4. The van der Waals surface area contributed by atoms with E-state index in [1.807, 2.05) is 176 Å². The molecule has 5 unspecified atom stereocenters. The smallest absolute Gasteiger partial charge is 0.388 e. The Morgan fingerprint density at radius 2 is 0.750 bits per heavy atom. The van der Waals surface area contributed by atoms with Crippen molar-refractivity contribution in [2.75, 3.05) is 6.61 Å². The standard InChI is InChI=1S/C22H28N2O3.C21H30N4O3.C17H17ClN2O3.C16H24N2O3.C15H19F3N2O3.C15H18N4O3/c1-14(2)19(16-8-6-5-7-9-16)22(26)23-20(15(3)4)17-10-12-18(13-11-17)21(25)24-27;1-20(2,3)16-12-15(25(7)23-16)19(27)22-17(21(4,5)6)13-8-10-14(11-9-13)18(26)24-28;1-11(12-6-8-13(9-7-12)17(22)20-23)19-16(21)10-14-4-2-3-5-15(14)18;1-10(2)13(17-15(20)16(3,4)5)11-6-8-12(9-7-11)14(19)18-21;1-14(2,3)20-13(23)19-12(15(16,17)18)10-6-4-9(5-7-10)11(22)8-21;1-9-8-13(19(3)17-9)15(21)16-10(2)11-4-6-12(7-5-11)14(20)18-22/h5-15,19-20,27H,1-4H3,(H,23,26)(H,24,25);8-12,17,28H,1-7H3,(H,22,27)(H,24,26);2-9,11,23H,10H2,1H3,(H,19,21)(H,20,22);6-10,13,21H,1-5H3,(H,17,20)(H,18,19);4-7,12,21H,8H2,1-3H3,(H2,19,20,23);4-8,10,22H,1-3H3,(H,16,21)(H,18,20)/t;;;13-;12-;/m...11./s1. The normalized spacial score (nSPS) is 12.7. The minimum Gasteiger partial charge on any atom is -0.388 e. The summed E-state index contributed by atoms with van der Waals surface area (Å²) in [6.45, 7) is 39.9. The number of alkyl halides is 3. The molecule has 34 nitrogen and oxygen atoms in total. The first kappa shape index (κ1) is 120. The Morgan fingerprint density at radius 3 is 1.10 bits per heavy atom. The van der Waals surface area contributed by atoms with Crippen LogP contribution in [-0.2, 0) is 40.3 Å². The van der Waals surface area contributed by atoms with Crippen molar-refractivity contribution in [1.29, 1.82) is 0 Å². The second-order valence-electron chi connectivity index (χ2n) is 39.3. The second kappa shape index (κ2) is 54.8. The summed E-state index contributed by atoms with van der Waals surface area (Å²) < 4.78 is 42.7. The third-order valence-corrected chi connectivity index (χ3v) is 22.6. The molecular formula is C106H136ClF3N16O18. The third kappa shape index (κ3) is 37.5. The van der Waals surface area contributed by atoms with E-state index in [1.165, 1.54) is 16.8 Å². The number of halogens is 4. The number of hydroxylamine groups is 5. The SMILES string of the molecule is CC(C)(C)NC(=O)N[C@H](c1ccc(C(=O)CO)cc1)C(F)(F)F.CC(C)C(NC(=O)C(c1ccccc1)C(C)C)c1ccc(C(=O)NO)cc1.CC(C)[C@@H](NC(=O)C(C)(C)C)c1ccc(C(=O)NO)cc1.CC(NC(=O)Cc1ccccc1Cl)c1ccc(C(=O)NO)cc1.Cc1cc(C(=O)NC(C)c2ccc(C(=O)NO)cc2)n(C)n1.Cn1nc(C(C)(C)C)cc1C(=O)NC(c1ccc(C(=O)NO)cc1)C(C)(C)C. The van der Waals surface area contributed by atoms with E-state index < -0.39 is 71.1 Å². The molecule has 12 amide bonds. The van der Waals surface area contributed by atoms with Crippen molar-refractivity contribution in [3.05, 3.63) is 318 Å². The predicted octanol–water partition coefficient (Wildman–Crippen LogP) is 16.9. The van der Waals surface area contributed by atoms with Crippen LogP contribution in [-0.4, -0.2) is 140 Å². The zero-order valence-electron chi connectivity index (χ0n) is 85.3. The number of aliphatic hydroxyl groups is 1. The Balaban J connectivity index is 0.000000305. The fourth-order valence-corrected chi connectivity index (χ4v) is 14.5. The quantitative estimate of drug-likeness (QED) is 0.0123. The van der Waals surface area contributed by atoms with Gasteiger partial charge in [-0.15, -0.1) is 0 Å². The fourth-order valence-electron chi connectivity index (χ4n) is 14.3. The van der Waals surface area contributed by atoms with E-state index in [9.17, 15) is 70.7 Å². The Hall–Kier alpha value is -14.3. The van der Waals surface area contributed by atoms with Gasteiger partial charge < -0.3 is 42.3 Å². The first-order valence-corrected chi connectivity index (χ1v) is 46.6. The molecule has 10 aromatic rings. The van der Waals surface area contributed by atoms with E-state index in [0.717, 1.165) is 62.5 Å². The molecule has 0 fully saturated rings. The van der Waals surface area contributed by atoms with E-state index >= 15 is 0 Å². The van der Waals surface area contributed by atoms with Crippen LogP contribution in [0.1, 0.15) is 320 Å². The maximum atomic E-state index is 13.2. The Kier molecular flexibility index (Phi) is 45.7. The number of nitrogens with zero attached hydrogens (tertiary/aromatic N) is 4. The molecule has 0 radical (unpaired) electrons. The Morgan fingerprint density at radius 1 is 0.389 bits per heavy atom. The van der Waals surface area contributed by atoms with Crippen LogP contribution in [0.3, 0.4) is 0 Å². The van der Waals surface area contributed by atoms with Gasteiger partial charge in [0.05, 0.1) is 53.9 Å². The highest BCUT2D eigenvalue weighted by Crippen LogP contribution is 2.37. The number of Topliss-reactive ketones (excluding diaryl/α,β-unsaturated/α-hetero) is 1. The molecule has 0 bridgehead atoms. The molecule has 18 N–H and O–H groups in total. The molecule has 10 rings (SSSR count). The van der Waals surface area contributed by atoms with Crippen LogP contribution in [0, 0.1) is 35.5 Å². The van der Waals surface area contributed by atoms with E-state index in [2.05, 4.69) is 62.9 Å². The minimum atomic E-state index is -4.70. The molecule has 0 aliphatic rings. The molecular weight excluding hydrogens is 1880 g/mol. The fraction of sp³-hybridized carbons (Fsp3) is 0.377. The van der Waals surface area contributed by atoms with E-state index in [0.29, 0.717) is 44.2 Å². The van der Waals surface area contributed by atoms with Crippen molar-refractivity contribution in [1.82, 2.24) is 84.2 Å². The molecule has 38 heteroatoms. The van der Waals surface area contributed by atoms with Gasteiger partial charge in [-0.1, -0.05) is 249 Å². The van der Waals surface area contributed by atoms with E-state index in [-0.39, 0.29) is 112 Å². The molecule has 2 heterocycles. The van der Waals surface area contributed by atoms with Crippen molar-refractivity contribution in [2.45, 2.75) is 211 Å². The summed E-state index contributed by atoms with van der Waals surface area (Å²) in [5.74, 6) is -3.70. The van der Waals surface area contributed by atoms with Gasteiger partial charge in [0.1, 0.15) is 18.0 Å². The Bertz CT molecular complexity index is 5940. The van der Waals surface area contributed by atoms with Gasteiger partial charge in [0, 0.05) is 68.9 Å². The highest BCUT2D eigenvalue weighted by molar-refractivity contribution is 6.31. The Labute approximate surface area is 842 Å². The van der Waals surface area contributed by atoms with Gasteiger partial charge in [-0.25, -0.2) is 32.2 Å². The summed E-state index contributed by atoms with van der Waals surface area (Å²) in [4.78, 5) is 142. The van der Waals surface area contributed by atoms with Crippen molar-refractivity contribution >= 4 is 82.5 Å². The average Bonchev–Trinajstić information content (AvgIpc) is 1.50. The van der Waals surface area contributed by atoms with Crippen LogP contribution in [0.2, 0.25) is 5.02 Å². The maximum absolute atomic E-state index is 13.2. The van der Waals surface area contributed by atoms with Gasteiger partial charge in [0.2, 0.25) is 17.7 Å². The topological polar surface area (TPSA) is 506 Å². The summed E-state index contributed by atoms with van der Waals surface area (Å²) in [5, 5.41) is 80.6. The summed E-state index contributed by atoms with van der Waals surface area (Å²) >= 11 is 6.04. The lowest BCUT2D eigenvalue weighted by molar-refractivity contribution is -0.155. The minimum absolute atomic E-state index is 0.00734. The molecule has 0 spiro atoms. The average molecular weight is 2010 g/mol. The molecule has 0 aliphatic carbocycles. The number of nitrogens with one attached hydrogen (secondary N) is 12. The number of hydrogen-bond acceptors (Lipinski definition) is 20. The molecule has 7 atom stereocenters. The van der Waals surface area contributed by atoms with Crippen molar-refractivity contribution in [3.8, 4) is 0 Å². The molecule has 0 saturated carbocycles. The largest absolute Gasteiger partial charge is 0.412 e. The van der Waals surface area contributed by atoms with Gasteiger partial charge >= 0.3 is 12.2 Å². The van der Waals surface area contributed by atoms with Crippen LogP contribution >= 0.6 is 11.6 Å². The van der Waals surface area contributed by atoms with Crippen molar-refractivity contribution < 1.29 is 102 Å². The summed E-state index contributed by atoms with van der Waals surface area (Å²) in [7, 11) is 3.48. The highest BCUT2D eigenvalue weighted by Gasteiger charge is 2.43. The maximum Gasteiger partial charge on any atom is 0.412 e. The first-order valence-electron chi connectivity index (χ1n) is 46.2. The van der Waals surface area contributed by atoms with Crippen LogP contribution in [0.15, 0.2) is 212 Å². The number of amides is 12. The number of carbonyl (C=O) groups is 12. The van der Waals surface area contributed by atoms with Gasteiger partial charge in [-0.2, -0.15) is 23.4 Å². The molecule has 144 heavy (non-hydrogen) atoms. The third-order valence-electron chi connectivity index (χ3n) is 22.2. The number of hydrogen-bond donors (Lipinski definition) is 18. The summed E-state index contributed by atoms with van der Waals surface area (Å²) in [6.07, 6.45) is -4.49. The second-order valence-corrected chi connectivity index (χ2v) is 39.7. The lowest BCUT2D eigenvalue weighted by Crippen LogP contribution is -2.49. The van der Waals surface area contributed by atoms with Crippen LogP contribution < -0.4 is 64.6 Å². The highest BCUT2D eigenvalue weighted by atomic mass is 35.5. The van der Waals surface area contributed by atoms with Gasteiger partial charge in [0.15, 0.2) is 11.8 Å². The molecule has 2 aromatic heterocycles. The number of carbonyl (C=O) groups excluding carboxylic acids is 12. The number of rotatable bonds is 28. The number of ketones is 1. The predicted molar refractivity (Wildman–Crippen MR) is 539 cm³/mol. The van der Waals surface area contributed by atoms with Crippen LogP contribution in [0.5, 0.6) is 0 Å². The zero-order valence-corrected chi connectivity index (χ0v) is 86.0. The zero-order chi connectivity index (χ0) is 108. The summed E-state index contributed by atoms with van der Waals surface area (Å²) in [6, 6.07) is 54.7. The van der Waals surface area contributed by atoms with E-state index in [4.69, 9.17) is 42.7 Å². The molecule has 8 aromatic carbocycles. The van der Waals surface area contributed by atoms with Crippen LogP contribution in [0.25, 0.3) is 0 Å². The molecule has 0 aliphatic heterocycles. The van der Waals surface area contributed by atoms with Gasteiger partial charge in [-0.3, -0.25) is 88.1 Å². The molecule has 776 valence electrons. The number of urea groups is 1. The van der Waals surface area contributed by atoms with Crippen molar-refractivity contribution in [3.63, 3.8) is 0 Å². The number of benzene rings is 8. The van der Waals surface area contributed by atoms with Gasteiger partial charge in [0.25, 0.3) is 41.4 Å². The van der Waals surface area contributed by atoms with Crippen molar-refractivity contribution in [2.24, 2.45) is 42.7 Å². The number of aliphatic hydroxyl groups excluding tert-OH is 1. The van der Waals surface area contributed by atoms with Gasteiger partial charge in [-0.05, 0) is 188 Å². The van der Waals surface area contributed by atoms with E-state index in [1.54, 1.807) is 188 Å². The molecule has 0 saturated heterocycles.